The Labute approximate surface area is 127 Å². The van der Waals surface area contributed by atoms with E-state index in [9.17, 15) is 4.79 Å². The second-order valence-corrected chi connectivity index (χ2v) is 5.06. The number of hydrogen-bond acceptors (Lipinski definition) is 3. The standard InChI is InChI=1S/C16H14ClNO3/c1-2-20-16(11-6-4-3-5-7-11)13-10-12(17)8-9-14(13)18-15(19)21-16/h3-10H,2H2,1H3,(H,18,19). The molecular weight excluding hydrogens is 290 g/mol. The van der Waals surface area contributed by atoms with Gasteiger partial charge >= 0.3 is 6.09 Å². The Balaban J connectivity index is 2.25. The highest BCUT2D eigenvalue weighted by Gasteiger charge is 2.45. The number of benzene rings is 2. The maximum atomic E-state index is 11.9. The molecule has 5 heteroatoms. The predicted octanol–water partition coefficient (Wildman–Crippen LogP) is 4.14. The average molecular weight is 304 g/mol. The highest BCUT2D eigenvalue weighted by atomic mass is 35.5. The van der Waals surface area contributed by atoms with Gasteiger partial charge in [0.25, 0.3) is 5.79 Å². The van der Waals surface area contributed by atoms with Gasteiger partial charge in [0, 0.05) is 17.2 Å². The first-order valence-corrected chi connectivity index (χ1v) is 7.03. The first-order valence-electron chi connectivity index (χ1n) is 6.65. The number of anilines is 1. The van der Waals surface area contributed by atoms with Gasteiger partial charge in [-0.1, -0.05) is 41.9 Å². The number of cyclic esters (lactones) is 1. The van der Waals surface area contributed by atoms with Crippen molar-refractivity contribution >= 4 is 23.4 Å². The fourth-order valence-corrected chi connectivity index (χ4v) is 2.66. The number of rotatable bonds is 3. The number of halogens is 1. The highest BCUT2D eigenvalue weighted by molar-refractivity contribution is 6.30. The monoisotopic (exact) mass is 303 g/mol. The molecule has 3 rings (SSSR count). The number of carbonyl (C=O) groups is 1. The molecule has 1 aliphatic rings. The van der Waals surface area contributed by atoms with Crippen LogP contribution in [0.25, 0.3) is 0 Å². The van der Waals surface area contributed by atoms with Crippen LogP contribution in [-0.2, 0) is 15.3 Å². The normalized spacial score (nSPS) is 20.4. The molecule has 1 unspecified atom stereocenters. The molecule has 1 N–H and O–H groups in total. The van der Waals surface area contributed by atoms with Crippen LogP contribution >= 0.6 is 11.6 Å². The summed E-state index contributed by atoms with van der Waals surface area (Å²) in [5.74, 6) is -1.28. The van der Waals surface area contributed by atoms with E-state index in [1.807, 2.05) is 37.3 Å². The molecule has 1 atom stereocenters. The predicted molar refractivity (Wildman–Crippen MR) is 80.4 cm³/mol. The Kier molecular flexibility index (Phi) is 3.57. The average Bonchev–Trinajstić information content (AvgIpc) is 2.49. The molecule has 2 aromatic carbocycles. The number of nitrogens with one attached hydrogen (secondary N) is 1. The van der Waals surface area contributed by atoms with Crippen molar-refractivity contribution in [2.45, 2.75) is 12.7 Å². The first kappa shape index (κ1) is 13.9. The molecule has 1 amide bonds. The van der Waals surface area contributed by atoms with Gasteiger partial charge in [-0.15, -0.1) is 0 Å². The van der Waals surface area contributed by atoms with Gasteiger partial charge in [0.1, 0.15) is 0 Å². The molecule has 0 fully saturated rings. The summed E-state index contributed by atoms with van der Waals surface area (Å²) in [5, 5.41) is 3.22. The van der Waals surface area contributed by atoms with Crippen LogP contribution in [0.5, 0.6) is 0 Å². The van der Waals surface area contributed by atoms with Crippen molar-refractivity contribution in [3.8, 4) is 0 Å². The van der Waals surface area contributed by atoms with Crippen LogP contribution in [0.1, 0.15) is 18.1 Å². The quantitative estimate of drug-likeness (QED) is 0.927. The molecule has 108 valence electrons. The molecule has 2 aromatic rings. The van der Waals surface area contributed by atoms with E-state index in [0.29, 0.717) is 22.9 Å². The van der Waals surface area contributed by atoms with E-state index in [1.54, 1.807) is 18.2 Å². The zero-order valence-electron chi connectivity index (χ0n) is 11.4. The van der Waals surface area contributed by atoms with E-state index in [2.05, 4.69) is 5.32 Å². The van der Waals surface area contributed by atoms with E-state index < -0.39 is 11.9 Å². The number of hydrogen-bond donors (Lipinski definition) is 1. The molecule has 0 aliphatic carbocycles. The molecule has 0 aromatic heterocycles. The lowest BCUT2D eigenvalue weighted by Gasteiger charge is -2.38. The van der Waals surface area contributed by atoms with E-state index in [-0.39, 0.29) is 0 Å². The number of amides is 1. The van der Waals surface area contributed by atoms with Crippen molar-refractivity contribution in [1.82, 2.24) is 0 Å². The Bertz CT molecular complexity index is 674. The van der Waals surface area contributed by atoms with Gasteiger partial charge in [-0.2, -0.15) is 0 Å². The summed E-state index contributed by atoms with van der Waals surface area (Å²) in [7, 11) is 0. The smallest absolute Gasteiger partial charge is 0.408 e. The van der Waals surface area contributed by atoms with Gasteiger partial charge in [-0.05, 0) is 25.1 Å². The molecule has 21 heavy (non-hydrogen) atoms. The molecule has 1 heterocycles. The summed E-state index contributed by atoms with van der Waals surface area (Å²) >= 11 is 6.10. The van der Waals surface area contributed by atoms with Crippen LogP contribution in [0.15, 0.2) is 48.5 Å². The Hall–Kier alpha value is -2.04. The third-order valence-electron chi connectivity index (χ3n) is 3.31. The molecular formula is C16H14ClNO3. The molecule has 0 radical (unpaired) electrons. The molecule has 0 saturated carbocycles. The van der Waals surface area contributed by atoms with Crippen LogP contribution < -0.4 is 5.32 Å². The van der Waals surface area contributed by atoms with Crippen molar-refractivity contribution in [2.75, 3.05) is 11.9 Å². The molecule has 0 saturated heterocycles. The Morgan fingerprint density at radius 2 is 2.00 bits per heavy atom. The first-order chi connectivity index (χ1) is 10.2. The van der Waals surface area contributed by atoms with Gasteiger partial charge < -0.3 is 9.47 Å². The lowest BCUT2D eigenvalue weighted by molar-refractivity contribution is -0.176. The summed E-state index contributed by atoms with van der Waals surface area (Å²) in [4.78, 5) is 11.9. The molecule has 0 bridgehead atoms. The van der Waals surface area contributed by atoms with Crippen LogP contribution in [0.2, 0.25) is 5.02 Å². The van der Waals surface area contributed by atoms with Crippen molar-refractivity contribution in [1.29, 1.82) is 0 Å². The second kappa shape index (κ2) is 5.39. The van der Waals surface area contributed by atoms with E-state index >= 15 is 0 Å². The lowest BCUT2D eigenvalue weighted by atomic mass is 9.94. The van der Waals surface area contributed by atoms with Crippen LogP contribution in [0.4, 0.5) is 10.5 Å². The van der Waals surface area contributed by atoms with Gasteiger partial charge in [0.05, 0.1) is 11.3 Å². The summed E-state index contributed by atoms with van der Waals surface area (Å²) in [6, 6.07) is 14.6. The largest absolute Gasteiger partial charge is 0.414 e. The highest BCUT2D eigenvalue weighted by Crippen LogP contribution is 2.43. The van der Waals surface area contributed by atoms with Gasteiger partial charge in [-0.25, -0.2) is 4.79 Å². The Morgan fingerprint density at radius 3 is 2.71 bits per heavy atom. The lowest BCUT2D eigenvalue weighted by Crippen LogP contribution is -2.42. The van der Waals surface area contributed by atoms with Crippen molar-refractivity contribution in [2.24, 2.45) is 0 Å². The fourth-order valence-electron chi connectivity index (χ4n) is 2.48. The van der Waals surface area contributed by atoms with Crippen molar-refractivity contribution in [3.05, 3.63) is 64.7 Å². The number of ether oxygens (including phenoxy) is 2. The van der Waals surface area contributed by atoms with Crippen LogP contribution in [0.3, 0.4) is 0 Å². The number of fused-ring (bicyclic) bond motifs is 1. The second-order valence-electron chi connectivity index (χ2n) is 4.62. The van der Waals surface area contributed by atoms with Crippen molar-refractivity contribution < 1.29 is 14.3 Å². The van der Waals surface area contributed by atoms with Crippen molar-refractivity contribution in [3.63, 3.8) is 0 Å². The minimum atomic E-state index is -1.28. The summed E-state index contributed by atoms with van der Waals surface area (Å²) in [5.41, 5.74) is 2.06. The SMILES string of the molecule is CCOC1(c2ccccc2)OC(=O)Nc2ccc(Cl)cc21. The summed E-state index contributed by atoms with van der Waals surface area (Å²) in [6.45, 7) is 2.24. The molecule has 0 spiro atoms. The minimum Gasteiger partial charge on any atom is -0.408 e. The molecule has 1 aliphatic heterocycles. The third-order valence-corrected chi connectivity index (χ3v) is 3.55. The maximum Gasteiger partial charge on any atom is 0.414 e. The fraction of sp³-hybridized carbons (Fsp3) is 0.188. The maximum absolute atomic E-state index is 11.9. The van der Waals surface area contributed by atoms with Crippen LogP contribution in [-0.4, -0.2) is 12.7 Å². The van der Waals surface area contributed by atoms with Gasteiger partial charge in [-0.3, -0.25) is 5.32 Å². The van der Waals surface area contributed by atoms with Crippen LogP contribution in [0, 0.1) is 0 Å². The zero-order chi connectivity index (χ0) is 14.9. The Morgan fingerprint density at radius 1 is 1.24 bits per heavy atom. The summed E-state index contributed by atoms with van der Waals surface area (Å²) < 4.78 is 11.4. The minimum absolute atomic E-state index is 0.383. The van der Waals surface area contributed by atoms with E-state index in [4.69, 9.17) is 21.1 Å². The topological polar surface area (TPSA) is 47.6 Å². The van der Waals surface area contributed by atoms with E-state index in [1.165, 1.54) is 0 Å². The summed E-state index contributed by atoms with van der Waals surface area (Å²) in [6.07, 6.45) is -0.554. The molecule has 4 nitrogen and oxygen atoms in total. The zero-order valence-corrected chi connectivity index (χ0v) is 12.2. The van der Waals surface area contributed by atoms with E-state index in [0.717, 1.165) is 5.56 Å². The third kappa shape index (κ3) is 2.37. The van der Waals surface area contributed by atoms with Gasteiger partial charge in [0.15, 0.2) is 0 Å². The van der Waals surface area contributed by atoms with Gasteiger partial charge in [0.2, 0.25) is 0 Å². The number of carbonyl (C=O) groups excluding carboxylic acids is 1.